The first-order chi connectivity index (χ1) is 6.00. The molecule has 78 valence electrons. The Kier molecular flexibility index (Phi) is 3.74. The van der Waals surface area contributed by atoms with Crippen LogP contribution in [0.4, 0.5) is 0 Å². The zero-order chi connectivity index (χ0) is 10.0. The molecule has 1 saturated heterocycles. The van der Waals surface area contributed by atoms with Crippen LogP contribution in [0, 0.1) is 11.8 Å². The van der Waals surface area contributed by atoms with E-state index in [0.29, 0.717) is 17.9 Å². The molecule has 0 radical (unpaired) electrons. The number of β-amino-alcohol motifs (C(OH)–C–C–N with tert-alkyl or cyclic N) is 1. The quantitative estimate of drug-likeness (QED) is 0.724. The zero-order valence-electron chi connectivity index (χ0n) is 9.33. The Labute approximate surface area is 81.9 Å². The summed E-state index contributed by atoms with van der Waals surface area (Å²) in [5.74, 6) is 1.20. The fraction of sp³-hybridized carbons (Fsp3) is 1.00. The molecule has 2 unspecified atom stereocenters. The van der Waals surface area contributed by atoms with Crippen LogP contribution in [0.3, 0.4) is 0 Å². The van der Waals surface area contributed by atoms with Gasteiger partial charge in [-0.3, -0.25) is 4.90 Å². The van der Waals surface area contributed by atoms with Crippen molar-refractivity contribution in [3.05, 3.63) is 0 Å². The molecule has 1 heterocycles. The van der Waals surface area contributed by atoms with Gasteiger partial charge in [-0.15, -0.1) is 0 Å². The molecule has 1 aliphatic heterocycles. The minimum atomic E-state index is -0.0928. The van der Waals surface area contributed by atoms with E-state index < -0.39 is 0 Å². The number of rotatable bonds is 3. The van der Waals surface area contributed by atoms with Crippen molar-refractivity contribution in [1.82, 2.24) is 4.90 Å². The van der Waals surface area contributed by atoms with Crippen LogP contribution in [0.2, 0.25) is 0 Å². The van der Waals surface area contributed by atoms with Crippen molar-refractivity contribution in [2.24, 2.45) is 11.8 Å². The molecule has 1 N–H and O–H groups in total. The van der Waals surface area contributed by atoms with E-state index in [2.05, 4.69) is 32.6 Å². The van der Waals surface area contributed by atoms with Gasteiger partial charge in [-0.2, -0.15) is 0 Å². The van der Waals surface area contributed by atoms with Gasteiger partial charge in [0.1, 0.15) is 0 Å². The summed E-state index contributed by atoms with van der Waals surface area (Å²) in [7, 11) is 0. The maximum absolute atomic E-state index is 9.82. The molecule has 1 rings (SSSR count). The Morgan fingerprint density at radius 2 is 1.85 bits per heavy atom. The molecule has 13 heavy (non-hydrogen) atoms. The van der Waals surface area contributed by atoms with Crippen LogP contribution in [-0.2, 0) is 0 Å². The van der Waals surface area contributed by atoms with Crippen LogP contribution in [-0.4, -0.2) is 35.2 Å². The lowest BCUT2D eigenvalue weighted by atomic mass is 9.95. The predicted molar refractivity (Wildman–Crippen MR) is 55.7 cm³/mol. The first kappa shape index (κ1) is 11.0. The van der Waals surface area contributed by atoms with Gasteiger partial charge in [-0.05, 0) is 32.1 Å². The van der Waals surface area contributed by atoms with Gasteiger partial charge in [-0.25, -0.2) is 0 Å². The average molecular weight is 185 g/mol. The molecular formula is C11H23NO. The second-order valence-corrected chi connectivity index (χ2v) is 5.00. The van der Waals surface area contributed by atoms with Crippen molar-refractivity contribution < 1.29 is 5.11 Å². The normalized spacial score (nSPS) is 30.7. The third-order valence-electron chi connectivity index (χ3n) is 2.94. The Bertz CT molecular complexity index is 156. The van der Waals surface area contributed by atoms with Crippen LogP contribution >= 0.6 is 0 Å². The standard InChI is InChI=1S/C11H23NO/c1-8(2)5-10-6-12(9(3)4)7-11(10)13/h8-11,13H,5-7H2,1-4H3. The molecule has 0 aromatic rings. The van der Waals surface area contributed by atoms with Crippen molar-refractivity contribution in [3.8, 4) is 0 Å². The first-order valence-corrected chi connectivity index (χ1v) is 5.42. The topological polar surface area (TPSA) is 23.5 Å². The van der Waals surface area contributed by atoms with Crippen LogP contribution in [0.5, 0.6) is 0 Å². The van der Waals surface area contributed by atoms with Gasteiger partial charge < -0.3 is 5.11 Å². The Balaban J connectivity index is 2.42. The van der Waals surface area contributed by atoms with E-state index >= 15 is 0 Å². The van der Waals surface area contributed by atoms with E-state index in [9.17, 15) is 5.11 Å². The number of nitrogens with zero attached hydrogens (tertiary/aromatic N) is 1. The lowest BCUT2D eigenvalue weighted by Gasteiger charge is -2.20. The molecule has 0 aromatic carbocycles. The highest BCUT2D eigenvalue weighted by Gasteiger charge is 2.32. The number of hydrogen-bond donors (Lipinski definition) is 1. The summed E-state index contributed by atoms with van der Waals surface area (Å²) in [5.41, 5.74) is 0. The largest absolute Gasteiger partial charge is 0.391 e. The van der Waals surface area contributed by atoms with E-state index in [0.717, 1.165) is 19.5 Å². The molecule has 2 nitrogen and oxygen atoms in total. The molecule has 0 aliphatic carbocycles. The molecule has 1 aliphatic rings. The number of hydrogen-bond acceptors (Lipinski definition) is 2. The van der Waals surface area contributed by atoms with Gasteiger partial charge in [0.25, 0.3) is 0 Å². The molecule has 0 saturated carbocycles. The van der Waals surface area contributed by atoms with Crippen molar-refractivity contribution in [1.29, 1.82) is 0 Å². The van der Waals surface area contributed by atoms with Crippen molar-refractivity contribution >= 4 is 0 Å². The summed E-state index contributed by atoms with van der Waals surface area (Å²) < 4.78 is 0. The van der Waals surface area contributed by atoms with Crippen molar-refractivity contribution in [2.45, 2.75) is 46.3 Å². The number of likely N-dealkylation sites (tertiary alicyclic amines) is 1. The first-order valence-electron chi connectivity index (χ1n) is 5.42. The van der Waals surface area contributed by atoms with Crippen molar-refractivity contribution in [3.63, 3.8) is 0 Å². The highest BCUT2D eigenvalue weighted by Crippen LogP contribution is 2.24. The monoisotopic (exact) mass is 185 g/mol. The van der Waals surface area contributed by atoms with Gasteiger partial charge in [0, 0.05) is 19.1 Å². The fourth-order valence-corrected chi connectivity index (χ4v) is 2.15. The second kappa shape index (κ2) is 4.43. The Morgan fingerprint density at radius 3 is 2.23 bits per heavy atom. The molecule has 0 spiro atoms. The van der Waals surface area contributed by atoms with E-state index in [1.807, 2.05) is 0 Å². The van der Waals surface area contributed by atoms with Crippen LogP contribution < -0.4 is 0 Å². The third-order valence-corrected chi connectivity index (χ3v) is 2.94. The highest BCUT2D eigenvalue weighted by atomic mass is 16.3. The fourth-order valence-electron chi connectivity index (χ4n) is 2.15. The maximum Gasteiger partial charge on any atom is 0.0707 e. The predicted octanol–water partition coefficient (Wildman–Crippen LogP) is 1.73. The second-order valence-electron chi connectivity index (χ2n) is 5.00. The SMILES string of the molecule is CC(C)CC1CN(C(C)C)CC1O. The lowest BCUT2D eigenvalue weighted by molar-refractivity contribution is 0.129. The van der Waals surface area contributed by atoms with E-state index in [1.54, 1.807) is 0 Å². The smallest absolute Gasteiger partial charge is 0.0707 e. The summed E-state index contributed by atoms with van der Waals surface area (Å²) in [5, 5.41) is 9.82. The number of aliphatic hydroxyl groups excluding tert-OH is 1. The van der Waals surface area contributed by atoms with Crippen molar-refractivity contribution in [2.75, 3.05) is 13.1 Å². The van der Waals surface area contributed by atoms with Crippen LogP contribution in [0.1, 0.15) is 34.1 Å². The zero-order valence-corrected chi connectivity index (χ0v) is 9.33. The van der Waals surface area contributed by atoms with Gasteiger partial charge >= 0.3 is 0 Å². The van der Waals surface area contributed by atoms with Gasteiger partial charge in [0.05, 0.1) is 6.10 Å². The van der Waals surface area contributed by atoms with E-state index in [1.165, 1.54) is 0 Å². The average Bonchev–Trinajstić information content (AvgIpc) is 2.31. The molecule has 0 amide bonds. The maximum atomic E-state index is 9.82. The molecule has 2 heteroatoms. The van der Waals surface area contributed by atoms with E-state index in [4.69, 9.17) is 0 Å². The third kappa shape index (κ3) is 2.96. The van der Waals surface area contributed by atoms with Crippen LogP contribution in [0.15, 0.2) is 0 Å². The summed E-state index contributed by atoms with van der Waals surface area (Å²) >= 11 is 0. The number of aliphatic hydroxyl groups is 1. The minimum absolute atomic E-state index is 0.0928. The Morgan fingerprint density at radius 1 is 1.23 bits per heavy atom. The van der Waals surface area contributed by atoms with Crippen LogP contribution in [0.25, 0.3) is 0 Å². The highest BCUT2D eigenvalue weighted by molar-refractivity contribution is 4.85. The molecule has 0 bridgehead atoms. The summed E-state index contributed by atoms with van der Waals surface area (Å²) in [6, 6.07) is 0.576. The van der Waals surface area contributed by atoms with Gasteiger partial charge in [0.15, 0.2) is 0 Å². The van der Waals surface area contributed by atoms with Gasteiger partial charge in [0.2, 0.25) is 0 Å². The minimum Gasteiger partial charge on any atom is -0.391 e. The summed E-state index contributed by atoms with van der Waals surface area (Å²) in [6.07, 6.45) is 1.06. The van der Waals surface area contributed by atoms with Gasteiger partial charge in [-0.1, -0.05) is 13.8 Å². The molecule has 1 fully saturated rings. The summed E-state index contributed by atoms with van der Waals surface area (Å²) in [4.78, 5) is 2.37. The molecule has 2 atom stereocenters. The molecule has 0 aromatic heterocycles. The summed E-state index contributed by atoms with van der Waals surface area (Å²) in [6.45, 7) is 10.8. The lowest BCUT2D eigenvalue weighted by Crippen LogP contribution is -2.29. The Hall–Kier alpha value is -0.0800. The van der Waals surface area contributed by atoms with E-state index in [-0.39, 0.29) is 6.10 Å². The molecular weight excluding hydrogens is 162 g/mol.